The fourth-order valence-electron chi connectivity index (χ4n) is 2.21. The molecule has 2 atom stereocenters. The number of carbonyl (C=O) groups excluding carboxylic acids is 2. The summed E-state index contributed by atoms with van der Waals surface area (Å²) in [6.45, 7) is 3.80. The molecule has 0 aromatic carbocycles. The summed E-state index contributed by atoms with van der Waals surface area (Å²) >= 11 is 0. The summed E-state index contributed by atoms with van der Waals surface area (Å²) in [5, 5.41) is 0. The van der Waals surface area contributed by atoms with Gasteiger partial charge in [-0.25, -0.2) is 8.42 Å². The van der Waals surface area contributed by atoms with Crippen LogP contribution in [-0.4, -0.2) is 38.3 Å². The van der Waals surface area contributed by atoms with Crippen LogP contribution in [0.2, 0.25) is 0 Å². The van der Waals surface area contributed by atoms with Crippen molar-refractivity contribution < 1.29 is 22.7 Å². The van der Waals surface area contributed by atoms with Crippen LogP contribution in [0, 0.1) is 11.8 Å². The second-order valence-corrected chi connectivity index (χ2v) is 6.82. The van der Waals surface area contributed by atoms with Crippen molar-refractivity contribution in [3.63, 3.8) is 0 Å². The lowest BCUT2D eigenvalue weighted by atomic mass is 9.89. The quantitative estimate of drug-likeness (QED) is 0.533. The lowest BCUT2D eigenvalue weighted by molar-refractivity contribution is -0.152. The number of carbonyl (C=O) groups is 2. The van der Waals surface area contributed by atoms with Crippen LogP contribution in [0.4, 0.5) is 0 Å². The van der Waals surface area contributed by atoms with Crippen LogP contribution < -0.4 is 0 Å². The SMILES string of the molecule is CCCC(C(=O)OCC)C(=O)C1CCS(=O)(=O)C1. The third-order valence-corrected chi connectivity index (χ3v) is 4.89. The van der Waals surface area contributed by atoms with Crippen molar-refractivity contribution in [3.05, 3.63) is 0 Å². The molecule has 1 aliphatic heterocycles. The molecule has 1 rings (SSSR count). The first kappa shape index (κ1) is 15.1. The van der Waals surface area contributed by atoms with E-state index in [1.807, 2.05) is 6.92 Å². The number of rotatable bonds is 6. The Morgan fingerprint density at radius 1 is 1.33 bits per heavy atom. The largest absolute Gasteiger partial charge is 0.465 e. The molecule has 1 heterocycles. The topological polar surface area (TPSA) is 77.5 Å². The molecule has 0 spiro atoms. The maximum atomic E-state index is 12.2. The van der Waals surface area contributed by atoms with Gasteiger partial charge >= 0.3 is 5.97 Å². The van der Waals surface area contributed by atoms with Crippen molar-refractivity contribution in [1.82, 2.24) is 0 Å². The highest BCUT2D eigenvalue weighted by molar-refractivity contribution is 7.91. The highest BCUT2D eigenvalue weighted by Gasteiger charge is 2.38. The summed E-state index contributed by atoms with van der Waals surface area (Å²) in [5.74, 6) is -2.19. The van der Waals surface area contributed by atoms with Crippen molar-refractivity contribution in [3.8, 4) is 0 Å². The first-order valence-corrected chi connectivity index (χ1v) is 8.14. The van der Waals surface area contributed by atoms with Gasteiger partial charge in [-0.05, 0) is 19.8 Å². The molecule has 0 bridgehead atoms. The number of sulfone groups is 1. The first-order valence-electron chi connectivity index (χ1n) is 6.32. The zero-order valence-corrected chi connectivity index (χ0v) is 11.7. The number of hydrogen-bond donors (Lipinski definition) is 0. The molecule has 1 fully saturated rings. The molecule has 2 unspecified atom stereocenters. The second-order valence-electron chi connectivity index (χ2n) is 4.60. The van der Waals surface area contributed by atoms with E-state index in [1.165, 1.54) is 0 Å². The van der Waals surface area contributed by atoms with E-state index >= 15 is 0 Å². The van der Waals surface area contributed by atoms with E-state index in [9.17, 15) is 18.0 Å². The highest BCUT2D eigenvalue weighted by Crippen LogP contribution is 2.25. The molecule has 0 aromatic heterocycles. The second kappa shape index (κ2) is 6.31. The highest BCUT2D eigenvalue weighted by atomic mass is 32.2. The number of ketones is 1. The Morgan fingerprint density at radius 2 is 2.00 bits per heavy atom. The van der Waals surface area contributed by atoms with Crippen molar-refractivity contribution in [2.24, 2.45) is 11.8 Å². The molecule has 18 heavy (non-hydrogen) atoms. The van der Waals surface area contributed by atoms with Crippen LogP contribution in [0.5, 0.6) is 0 Å². The van der Waals surface area contributed by atoms with E-state index in [1.54, 1.807) is 6.92 Å². The van der Waals surface area contributed by atoms with Gasteiger partial charge in [0.25, 0.3) is 0 Å². The molecule has 0 radical (unpaired) electrons. The fraction of sp³-hybridized carbons (Fsp3) is 0.833. The molecule has 0 aromatic rings. The molecule has 1 aliphatic rings. The van der Waals surface area contributed by atoms with Crippen LogP contribution in [-0.2, 0) is 24.2 Å². The van der Waals surface area contributed by atoms with Gasteiger partial charge in [0.15, 0.2) is 15.6 Å². The van der Waals surface area contributed by atoms with Gasteiger partial charge in [0.05, 0.1) is 18.1 Å². The van der Waals surface area contributed by atoms with E-state index in [0.29, 0.717) is 19.3 Å². The molecular weight excluding hydrogens is 256 g/mol. The minimum Gasteiger partial charge on any atom is -0.465 e. The Hall–Kier alpha value is -0.910. The predicted octanol–water partition coefficient (Wildman–Crippen LogP) is 0.970. The number of ether oxygens (including phenoxy) is 1. The van der Waals surface area contributed by atoms with Gasteiger partial charge in [-0.15, -0.1) is 0 Å². The Kier molecular flexibility index (Phi) is 5.31. The monoisotopic (exact) mass is 276 g/mol. The van der Waals surface area contributed by atoms with Gasteiger partial charge in [0.1, 0.15) is 5.92 Å². The zero-order valence-electron chi connectivity index (χ0n) is 10.8. The average molecular weight is 276 g/mol. The van der Waals surface area contributed by atoms with Gasteiger partial charge in [-0.3, -0.25) is 9.59 Å². The minimum atomic E-state index is -3.10. The maximum Gasteiger partial charge on any atom is 0.316 e. The normalized spacial score (nSPS) is 23.6. The molecule has 5 nitrogen and oxygen atoms in total. The molecule has 0 amide bonds. The summed E-state index contributed by atoms with van der Waals surface area (Å²) in [6, 6.07) is 0. The maximum absolute atomic E-state index is 12.2. The van der Waals surface area contributed by atoms with E-state index in [4.69, 9.17) is 4.74 Å². The summed E-state index contributed by atoms with van der Waals surface area (Å²) in [5.41, 5.74) is 0. The minimum absolute atomic E-state index is 0.0467. The third-order valence-electron chi connectivity index (χ3n) is 3.13. The zero-order chi connectivity index (χ0) is 13.8. The summed E-state index contributed by atoms with van der Waals surface area (Å²) < 4.78 is 27.6. The Bertz CT molecular complexity index is 412. The third kappa shape index (κ3) is 3.80. The molecule has 104 valence electrons. The van der Waals surface area contributed by atoms with E-state index in [2.05, 4.69) is 0 Å². The Morgan fingerprint density at radius 3 is 2.44 bits per heavy atom. The number of hydrogen-bond acceptors (Lipinski definition) is 5. The number of esters is 1. The van der Waals surface area contributed by atoms with Gasteiger partial charge in [0.2, 0.25) is 0 Å². The molecular formula is C12H20O5S. The lowest BCUT2D eigenvalue weighted by Gasteiger charge is -2.16. The van der Waals surface area contributed by atoms with E-state index in [0.717, 1.165) is 0 Å². The van der Waals surface area contributed by atoms with Crippen molar-refractivity contribution in [2.45, 2.75) is 33.1 Å². The van der Waals surface area contributed by atoms with E-state index in [-0.39, 0.29) is 23.9 Å². The standard InChI is InChI=1S/C12H20O5S/c1-3-5-10(12(14)17-4-2)11(13)9-6-7-18(15,16)8-9/h9-10H,3-8H2,1-2H3. The van der Waals surface area contributed by atoms with Crippen LogP contribution in [0.1, 0.15) is 33.1 Å². The summed E-state index contributed by atoms with van der Waals surface area (Å²) in [7, 11) is -3.10. The molecule has 0 saturated carbocycles. The summed E-state index contributed by atoms with van der Waals surface area (Å²) in [4.78, 5) is 23.9. The molecule has 1 saturated heterocycles. The van der Waals surface area contributed by atoms with Crippen molar-refractivity contribution in [1.29, 1.82) is 0 Å². The van der Waals surface area contributed by atoms with Crippen LogP contribution in [0.15, 0.2) is 0 Å². The van der Waals surface area contributed by atoms with Gasteiger partial charge in [-0.1, -0.05) is 13.3 Å². The van der Waals surface area contributed by atoms with Crippen molar-refractivity contribution in [2.75, 3.05) is 18.1 Å². The Balaban J connectivity index is 2.74. The Labute approximate surface area is 108 Å². The average Bonchev–Trinajstić information content (AvgIpc) is 2.66. The number of Topliss-reactive ketones (excluding diaryl/α,β-unsaturated/α-hetero) is 1. The van der Waals surface area contributed by atoms with Crippen LogP contribution >= 0.6 is 0 Å². The first-order chi connectivity index (χ1) is 8.41. The molecule has 6 heteroatoms. The van der Waals surface area contributed by atoms with Crippen LogP contribution in [0.3, 0.4) is 0 Å². The van der Waals surface area contributed by atoms with Crippen LogP contribution in [0.25, 0.3) is 0 Å². The van der Waals surface area contributed by atoms with E-state index < -0.39 is 27.6 Å². The van der Waals surface area contributed by atoms with Crippen molar-refractivity contribution >= 4 is 21.6 Å². The molecule has 0 aliphatic carbocycles. The predicted molar refractivity (Wildman–Crippen MR) is 66.8 cm³/mol. The summed E-state index contributed by atoms with van der Waals surface area (Å²) in [6.07, 6.45) is 1.45. The lowest BCUT2D eigenvalue weighted by Crippen LogP contribution is -2.32. The van der Waals surface area contributed by atoms with Gasteiger partial charge in [0, 0.05) is 5.92 Å². The fourth-order valence-corrected chi connectivity index (χ4v) is 3.97. The van der Waals surface area contributed by atoms with Gasteiger partial charge < -0.3 is 4.74 Å². The smallest absolute Gasteiger partial charge is 0.316 e. The molecule has 0 N–H and O–H groups in total. The van der Waals surface area contributed by atoms with Gasteiger partial charge in [-0.2, -0.15) is 0 Å².